The molecule has 0 spiro atoms. The lowest BCUT2D eigenvalue weighted by atomic mass is 10.2. The molecule has 0 rings (SSSR count). The zero-order valence-electron chi connectivity index (χ0n) is 6.00. The van der Waals surface area contributed by atoms with Crippen LogP contribution in [0.15, 0.2) is 11.8 Å². The fourth-order valence-corrected chi connectivity index (χ4v) is 0.573. The summed E-state index contributed by atoms with van der Waals surface area (Å²) in [6.45, 7) is 1.98. The van der Waals surface area contributed by atoms with Gasteiger partial charge in [-0.15, -0.1) is 0 Å². The summed E-state index contributed by atoms with van der Waals surface area (Å²) in [4.78, 5) is 9.94. The van der Waals surface area contributed by atoms with E-state index in [0.717, 1.165) is 18.9 Å². The van der Waals surface area contributed by atoms with E-state index in [1.165, 1.54) is 0 Å². The average Bonchev–Trinajstić information content (AvgIpc) is 1.82. The third-order valence-electron chi connectivity index (χ3n) is 1.08. The van der Waals surface area contributed by atoms with Gasteiger partial charge in [-0.1, -0.05) is 13.3 Å². The molecule has 0 bridgehead atoms. The van der Waals surface area contributed by atoms with Crippen molar-refractivity contribution >= 4 is 5.97 Å². The summed E-state index contributed by atoms with van der Waals surface area (Å²) in [6.07, 6.45) is 3.07. The van der Waals surface area contributed by atoms with Gasteiger partial charge in [0.2, 0.25) is 0 Å². The Morgan fingerprint density at radius 2 is 2.10 bits per heavy atom. The van der Waals surface area contributed by atoms with E-state index in [4.69, 9.17) is 10.2 Å². The zero-order valence-corrected chi connectivity index (χ0v) is 6.00. The average molecular weight is 144 g/mol. The fourth-order valence-electron chi connectivity index (χ4n) is 0.573. The van der Waals surface area contributed by atoms with Crippen molar-refractivity contribution in [1.29, 1.82) is 0 Å². The van der Waals surface area contributed by atoms with Gasteiger partial charge >= 0.3 is 5.97 Å². The monoisotopic (exact) mass is 144 g/mol. The van der Waals surface area contributed by atoms with Crippen molar-refractivity contribution in [3.63, 3.8) is 0 Å². The van der Waals surface area contributed by atoms with Crippen LogP contribution in [0.5, 0.6) is 0 Å². The number of carboxylic acids is 1. The fraction of sp³-hybridized carbons (Fsp3) is 0.571. The molecule has 0 aromatic heterocycles. The lowest BCUT2D eigenvalue weighted by Gasteiger charge is -1.94. The molecule has 3 heteroatoms. The Labute approximate surface area is 60.0 Å². The van der Waals surface area contributed by atoms with Gasteiger partial charge in [0.05, 0.1) is 11.8 Å². The standard InChI is InChI=1S/C7H12O3/c1-2-3-4-6(8)5-7(9)10/h5,8H,2-4H2,1H3,(H,9,10)/b6-5-. The van der Waals surface area contributed by atoms with Gasteiger partial charge < -0.3 is 10.2 Å². The summed E-state index contributed by atoms with van der Waals surface area (Å²) in [6, 6.07) is 0. The summed E-state index contributed by atoms with van der Waals surface area (Å²) in [5, 5.41) is 17.0. The maximum atomic E-state index is 9.94. The second-order valence-corrected chi connectivity index (χ2v) is 2.08. The summed E-state index contributed by atoms with van der Waals surface area (Å²) < 4.78 is 0. The number of allylic oxidation sites excluding steroid dienone is 1. The lowest BCUT2D eigenvalue weighted by molar-refractivity contribution is -0.131. The first-order valence-corrected chi connectivity index (χ1v) is 3.29. The Morgan fingerprint density at radius 3 is 2.50 bits per heavy atom. The van der Waals surface area contributed by atoms with Gasteiger partial charge in [-0.2, -0.15) is 0 Å². The number of hydrogen-bond donors (Lipinski definition) is 2. The van der Waals surface area contributed by atoms with Crippen LogP contribution in [0, 0.1) is 0 Å². The van der Waals surface area contributed by atoms with E-state index in [9.17, 15) is 4.79 Å². The van der Waals surface area contributed by atoms with Gasteiger partial charge in [-0.25, -0.2) is 4.79 Å². The predicted molar refractivity (Wildman–Crippen MR) is 37.9 cm³/mol. The molecule has 58 valence electrons. The molecule has 10 heavy (non-hydrogen) atoms. The minimum Gasteiger partial charge on any atom is -0.512 e. The van der Waals surface area contributed by atoms with Crippen LogP contribution in [0.4, 0.5) is 0 Å². The first-order valence-electron chi connectivity index (χ1n) is 3.29. The molecule has 0 radical (unpaired) electrons. The molecule has 0 atom stereocenters. The molecule has 0 aliphatic heterocycles. The molecule has 0 amide bonds. The highest BCUT2D eigenvalue weighted by molar-refractivity contribution is 5.80. The summed E-state index contributed by atoms with van der Waals surface area (Å²) >= 11 is 0. The topological polar surface area (TPSA) is 57.5 Å². The van der Waals surface area contributed by atoms with Crippen LogP contribution in [0.1, 0.15) is 26.2 Å². The summed E-state index contributed by atoms with van der Waals surface area (Å²) in [5.74, 6) is -1.14. The van der Waals surface area contributed by atoms with E-state index in [1.807, 2.05) is 6.92 Å². The SMILES string of the molecule is CCCC/C(O)=C/C(=O)O. The molecular formula is C7H12O3. The zero-order chi connectivity index (χ0) is 7.98. The Hall–Kier alpha value is -0.990. The predicted octanol–water partition coefficient (Wildman–Crippen LogP) is 1.70. The quantitative estimate of drug-likeness (QED) is 0.466. The first-order chi connectivity index (χ1) is 4.66. The Balaban J connectivity index is 3.60. The largest absolute Gasteiger partial charge is 0.512 e. The molecule has 0 unspecified atom stereocenters. The van der Waals surface area contributed by atoms with Crippen LogP contribution < -0.4 is 0 Å². The Bertz CT molecular complexity index is 138. The molecule has 0 aliphatic carbocycles. The third-order valence-corrected chi connectivity index (χ3v) is 1.08. The number of aliphatic hydroxyl groups excluding tert-OH is 1. The highest BCUT2D eigenvalue weighted by atomic mass is 16.4. The summed E-state index contributed by atoms with van der Waals surface area (Å²) in [5.41, 5.74) is 0. The smallest absolute Gasteiger partial charge is 0.331 e. The van der Waals surface area contributed by atoms with Crippen LogP contribution in [0.3, 0.4) is 0 Å². The maximum absolute atomic E-state index is 9.94. The highest BCUT2D eigenvalue weighted by Crippen LogP contribution is 2.02. The molecule has 0 aliphatic rings. The Kier molecular flexibility index (Phi) is 4.37. The summed E-state index contributed by atoms with van der Waals surface area (Å²) in [7, 11) is 0. The minimum absolute atomic E-state index is 0.0469. The van der Waals surface area contributed by atoms with E-state index in [-0.39, 0.29) is 5.76 Å². The second kappa shape index (κ2) is 4.85. The van der Waals surface area contributed by atoms with Gasteiger partial charge in [0.1, 0.15) is 0 Å². The van der Waals surface area contributed by atoms with Gasteiger partial charge in [-0.05, 0) is 6.42 Å². The van der Waals surface area contributed by atoms with Crippen molar-refractivity contribution in [3.05, 3.63) is 11.8 Å². The number of unbranched alkanes of at least 4 members (excludes halogenated alkanes) is 1. The van der Waals surface area contributed by atoms with Crippen LogP contribution >= 0.6 is 0 Å². The van der Waals surface area contributed by atoms with E-state index in [0.29, 0.717) is 6.42 Å². The van der Waals surface area contributed by atoms with Crippen molar-refractivity contribution in [2.45, 2.75) is 26.2 Å². The minimum atomic E-state index is -1.09. The number of carboxylic acid groups (broad SMARTS) is 1. The van der Waals surface area contributed by atoms with Crippen molar-refractivity contribution in [2.75, 3.05) is 0 Å². The van der Waals surface area contributed by atoms with Gasteiger partial charge in [-0.3, -0.25) is 0 Å². The van der Waals surface area contributed by atoms with Crippen LogP contribution in [0.25, 0.3) is 0 Å². The Morgan fingerprint density at radius 1 is 1.50 bits per heavy atom. The third kappa shape index (κ3) is 5.15. The van der Waals surface area contributed by atoms with E-state index in [1.54, 1.807) is 0 Å². The molecule has 3 nitrogen and oxygen atoms in total. The van der Waals surface area contributed by atoms with Gasteiger partial charge in [0.25, 0.3) is 0 Å². The number of aliphatic hydroxyl groups is 1. The number of hydrogen-bond acceptors (Lipinski definition) is 2. The normalized spacial score (nSPS) is 11.5. The van der Waals surface area contributed by atoms with E-state index in [2.05, 4.69) is 0 Å². The molecule has 0 aromatic rings. The van der Waals surface area contributed by atoms with Crippen molar-refractivity contribution in [1.82, 2.24) is 0 Å². The molecule has 2 N–H and O–H groups in total. The molecule has 0 fully saturated rings. The van der Waals surface area contributed by atoms with Crippen molar-refractivity contribution < 1.29 is 15.0 Å². The molecule has 0 saturated heterocycles. The van der Waals surface area contributed by atoms with E-state index >= 15 is 0 Å². The van der Waals surface area contributed by atoms with Crippen LogP contribution in [0.2, 0.25) is 0 Å². The number of aliphatic carboxylic acids is 1. The maximum Gasteiger partial charge on any atom is 0.331 e. The van der Waals surface area contributed by atoms with Crippen molar-refractivity contribution in [3.8, 4) is 0 Å². The van der Waals surface area contributed by atoms with Crippen LogP contribution in [-0.4, -0.2) is 16.2 Å². The molecular weight excluding hydrogens is 132 g/mol. The number of rotatable bonds is 4. The second-order valence-electron chi connectivity index (χ2n) is 2.08. The highest BCUT2D eigenvalue weighted by Gasteiger charge is 1.95. The molecule has 0 saturated carbocycles. The van der Waals surface area contributed by atoms with Gasteiger partial charge in [0.15, 0.2) is 0 Å². The number of carbonyl (C=O) groups is 1. The molecule has 0 heterocycles. The van der Waals surface area contributed by atoms with E-state index < -0.39 is 5.97 Å². The van der Waals surface area contributed by atoms with Gasteiger partial charge in [0, 0.05) is 6.42 Å². The van der Waals surface area contributed by atoms with Crippen molar-refractivity contribution in [2.24, 2.45) is 0 Å². The lowest BCUT2D eigenvalue weighted by Crippen LogP contribution is -1.91. The first kappa shape index (κ1) is 9.01. The van der Waals surface area contributed by atoms with Crippen LogP contribution in [-0.2, 0) is 4.79 Å². The molecule has 0 aromatic carbocycles.